The van der Waals surface area contributed by atoms with Crippen molar-refractivity contribution in [2.45, 2.75) is 41.9 Å². The lowest BCUT2D eigenvalue weighted by atomic mass is 9.81. The van der Waals surface area contributed by atoms with Gasteiger partial charge in [0.05, 0.1) is 17.1 Å². The molecule has 0 radical (unpaired) electrons. The number of fused-ring (bicyclic) bond motifs is 7. The van der Waals surface area contributed by atoms with E-state index in [1.165, 1.54) is 94.4 Å². The first-order chi connectivity index (χ1) is 25.0. The van der Waals surface area contributed by atoms with Crippen LogP contribution in [0.4, 0.5) is 28.4 Å². The predicted octanol–water partition coefficient (Wildman–Crippen LogP) is 13.3. The molecule has 246 valence electrons. The van der Waals surface area contributed by atoms with Crippen LogP contribution in [-0.2, 0) is 11.8 Å². The Morgan fingerprint density at radius 2 is 1.22 bits per heavy atom. The second-order valence-corrected chi connectivity index (χ2v) is 15.6. The maximum atomic E-state index is 2.52. The lowest BCUT2D eigenvalue weighted by Gasteiger charge is -2.33. The normalized spacial score (nSPS) is 15.3. The van der Waals surface area contributed by atoms with Gasteiger partial charge in [-0.3, -0.25) is 0 Å². The average molecular weight is 675 g/mol. The lowest BCUT2D eigenvalue weighted by molar-refractivity contribution is 0.659. The summed E-state index contributed by atoms with van der Waals surface area (Å²) in [7, 11) is 0. The summed E-state index contributed by atoms with van der Waals surface area (Å²) in [5, 5.41) is 2.49. The Balaban J connectivity index is 0.996. The van der Waals surface area contributed by atoms with Gasteiger partial charge < -0.3 is 9.80 Å². The summed E-state index contributed by atoms with van der Waals surface area (Å²) in [6, 6.07) is 54.0. The monoisotopic (exact) mass is 674 g/mol. The van der Waals surface area contributed by atoms with Gasteiger partial charge >= 0.3 is 0 Å². The van der Waals surface area contributed by atoms with Crippen LogP contribution in [0.15, 0.2) is 155 Å². The number of anilines is 5. The molecule has 2 heterocycles. The average Bonchev–Trinajstić information content (AvgIpc) is 3.40. The van der Waals surface area contributed by atoms with Crippen molar-refractivity contribution in [1.82, 2.24) is 0 Å². The molecule has 0 atom stereocenters. The quantitative estimate of drug-likeness (QED) is 0.172. The van der Waals surface area contributed by atoms with Gasteiger partial charge in [0.1, 0.15) is 0 Å². The highest BCUT2D eigenvalue weighted by molar-refractivity contribution is 7.99. The molecule has 7 aromatic carbocycles. The molecule has 51 heavy (non-hydrogen) atoms. The molecule has 0 bridgehead atoms. The van der Waals surface area contributed by atoms with Crippen LogP contribution < -0.4 is 9.80 Å². The van der Waals surface area contributed by atoms with Crippen LogP contribution in [0.1, 0.15) is 48.1 Å². The van der Waals surface area contributed by atoms with Gasteiger partial charge in [0.25, 0.3) is 0 Å². The molecule has 2 aliphatic heterocycles. The number of hydrogen-bond acceptors (Lipinski definition) is 3. The molecule has 0 saturated heterocycles. The first-order valence-corrected chi connectivity index (χ1v) is 18.9. The standard InChI is InChI=1S/C48H38N2S/c1-48(2)40-30-32(24-27-37(40)38-28-26-35(31-41(38)48)49-29-11-14-34-12-3-4-17-42(34)49)23-25-33-13-9-16-39-36(33)15-10-20-43(39)50-44-18-5-7-21-46(44)51-47-22-8-6-19-45(47)50/h3-10,12-13,15-28,30-31H,11,14,29H2,1-2H3/b25-23+. The van der Waals surface area contributed by atoms with Crippen LogP contribution in [0.5, 0.6) is 0 Å². The number of benzene rings is 7. The Bertz CT molecular complexity index is 2500. The van der Waals surface area contributed by atoms with E-state index in [0.717, 1.165) is 13.0 Å². The fraction of sp³-hybridized carbons (Fsp3) is 0.125. The molecule has 0 N–H and O–H groups in total. The number of aryl methyl sites for hydroxylation is 1. The summed E-state index contributed by atoms with van der Waals surface area (Å²) in [6.45, 7) is 5.84. The summed E-state index contributed by atoms with van der Waals surface area (Å²) in [4.78, 5) is 7.51. The summed E-state index contributed by atoms with van der Waals surface area (Å²) in [5.74, 6) is 0. The Morgan fingerprint density at radius 1 is 0.569 bits per heavy atom. The zero-order valence-electron chi connectivity index (χ0n) is 28.9. The molecular weight excluding hydrogens is 637 g/mol. The second-order valence-electron chi connectivity index (χ2n) is 14.5. The van der Waals surface area contributed by atoms with E-state index in [4.69, 9.17) is 0 Å². The molecule has 0 fully saturated rings. The Kier molecular flexibility index (Phi) is 7.01. The molecule has 0 unspecified atom stereocenters. The van der Waals surface area contributed by atoms with Gasteiger partial charge in [-0.05, 0) is 106 Å². The van der Waals surface area contributed by atoms with Crippen molar-refractivity contribution in [3.63, 3.8) is 0 Å². The molecule has 0 saturated carbocycles. The molecule has 3 aliphatic rings. The number of para-hydroxylation sites is 3. The smallest absolute Gasteiger partial charge is 0.0601 e. The summed E-state index contributed by atoms with van der Waals surface area (Å²) >= 11 is 1.85. The zero-order chi connectivity index (χ0) is 34.1. The molecule has 0 amide bonds. The van der Waals surface area contributed by atoms with E-state index in [1.807, 2.05) is 11.8 Å². The molecule has 0 aromatic heterocycles. The van der Waals surface area contributed by atoms with Crippen molar-refractivity contribution in [3.8, 4) is 11.1 Å². The van der Waals surface area contributed by atoms with Gasteiger partial charge in [0.2, 0.25) is 0 Å². The first kappa shape index (κ1) is 30.3. The molecule has 1 aliphatic carbocycles. The van der Waals surface area contributed by atoms with Crippen molar-refractivity contribution < 1.29 is 0 Å². The van der Waals surface area contributed by atoms with Gasteiger partial charge in [0, 0.05) is 38.5 Å². The Hall–Kier alpha value is -5.51. The van der Waals surface area contributed by atoms with E-state index in [1.54, 1.807) is 0 Å². The fourth-order valence-corrected chi connectivity index (χ4v) is 9.68. The van der Waals surface area contributed by atoms with Gasteiger partial charge in [0.15, 0.2) is 0 Å². The minimum atomic E-state index is -0.0898. The van der Waals surface area contributed by atoms with Crippen molar-refractivity contribution in [3.05, 3.63) is 173 Å². The van der Waals surface area contributed by atoms with E-state index >= 15 is 0 Å². The van der Waals surface area contributed by atoms with Gasteiger partial charge in [-0.15, -0.1) is 0 Å². The number of hydrogen-bond donors (Lipinski definition) is 0. The molecule has 2 nitrogen and oxygen atoms in total. The van der Waals surface area contributed by atoms with E-state index in [-0.39, 0.29) is 5.41 Å². The second kappa shape index (κ2) is 11.8. The van der Waals surface area contributed by atoms with Crippen LogP contribution in [-0.4, -0.2) is 6.54 Å². The minimum Gasteiger partial charge on any atom is -0.341 e. The topological polar surface area (TPSA) is 6.48 Å². The first-order valence-electron chi connectivity index (χ1n) is 18.1. The van der Waals surface area contributed by atoms with Crippen LogP contribution >= 0.6 is 11.8 Å². The highest BCUT2D eigenvalue weighted by Gasteiger charge is 2.36. The van der Waals surface area contributed by atoms with E-state index < -0.39 is 0 Å². The summed E-state index contributed by atoms with van der Waals surface area (Å²) in [6.07, 6.45) is 6.93. The highest BCUT2D eigenvalue weighted by Crippen LogP contribution is 2.53. The third-order valence-electron chi connectivity index (χ3n) is 11.2. The third-order valence-corrected chi connectivity index (χ3v) is 12.3. The number of rotatable bonds is 4. The van der Waals surface area contributed by atoms with Crippen molar-refractivity contribution in [2.75, 3.05) is 16.3 Å². The van der Waals surface area contributed by atoms with Crippen LogP contribution in [0.3, 0.4) is 0 Å². The molecule has 7 aromatic rings. The fourth-order valence-electron chi connectivity index (χ4n) is 8.62. The summed E-state index contributed by atoms with van der Waals surface area (Å²) < 4.78 is 0. The van der Waals surface area contributed by atoms with E-state index in [9.17, 15) is 0 Å². The van der Waals surface area contributed by atoms with Crippen molar-refractivity contribution in [1.29, 1.82) is 0 Å². The minimum absolute atomic E-state index is 0.0898. The van der Waals surface area contributed by atoms with Gasteiger partial charge in [-0.1, -0.05) is 135 Å². The molecule has 10 rings (SSSR count). The SMILES string of the molecule is CC1(C)c2cc(/C=C/c3cccc4c(N5c6ccccc6Sc6ccccc65)cccc34)ccc2-c2ccc(N3CCCc4ccccc43)cc21. The third kappa shape index (κ3) is 4.87. The summed E-state index contributed by atoms with van der Waals surface area (Å²) in [5.41, 5.74) is 15.6. The van der Waals surface area contributed by atoms with E-state index in [2.05, 4.69) is 181 Å². The largest absolute Gasteiger partial charge is 0.341 e. The Labute approximate surface area is 304 Å². The van der Waals surface area contributed by atoms with E-state index in [0.29, 0.717) is 0 Å². The van der Waals surface area contributed by atoms with Crippen molar-refractivity contribution in [2.24, 2.45) is 0 Å². The molecule has 3 heteroatoms. The Morgan fingerprint density at radius 3 is 2.02 bits per heavy atom. The van der Waals surface area contributed by atoms with Crippen molar-refractivity contribution >= 4 is 63.1 Å². The maximum Gasteiger partial charge on any atom is 0.0601 e. The van der Waals surface area contributed by atoms with Crippen LogP contribution in [0, 0.1) is 0 Å². The molecular formula is C48H38N2S. The lowest BCUT2D eigenvalue weighted by Crippen LogP contribution is -2.25. The molecule has 0 spiro atoms. The maximum absolute atomic E-state index is 2.52. The highest BCUT2D eigenvalue weighted by atomic mass is 32.2. The number of nitrogens with zero attached hydrogens (tertiary/aromatic N) is 2. The van der Waals surface area contributed by atoms with Gasteiger partial charge in [-0.2, -0.15) is 0 Å². The predicted molar refractivity (Wildman–Crippen MR) is 217 cm³/mol. The van der Waals surface area contributed by atoms with Gasteiger partial charge in [-0.25, -0.2) is 0 Å². The van der Waals surface area contributed by atoms with Crippen LogP contribution in [0.2, 0.25) is 0 Å². The van der Waals surface area contributed by atoms with Crippen LogP contribution in [0.25, 0.3) is 34.1 Å². The zero-order valence-corrected chi connectivity index (χ0v) is 29.8.